The third-order valence-corrected chi connectivity index (χ3v) is 10.0. The van der Waals surface area contributed by atoms with Crippen LogP contribution in [0.5, 0.6) is 0 Å². The number of nitrogens with zero attached hydrogens (tertiary/aromatic N) is 5. The molecule has 0 saturated carbocycles. The van der Waals surface area contributed by atoms with E-state index in [4.69, 9.17) is 19.9 Å². The van der Waals surface area contributed by atoms with Gasteiger partial charge in [-0.15, -0.1) is 0 Å². The Morgan fingerprint density at radius 1 is 0.463 bits per heavy atom. The zero-order valence-electron chi connectivity index (χ0n) is 38.5. The molecule has 3 rings (SSSR count). The van der Waals surface area contributed by atoms with Gasteiger partial charge in [-0.05, 0) is 58.2 Å². The first kappa shape index (κ1) is 53.6. The number of amides is 9. The zero-order valence-corrected chi connectivity index (χ0v) is 38.5. The molecule has 0 unspecified atom stereocenters. The fourth-order valence-corrected chi connectivity index (χ4v) is 6.53. The fourth-order valence-electron chi connectivity index (χ4n) is 6.53. The lowest BCUT2D eigenvalue weighted by molar-refractivity contribution is -0.151. The van der Waals surface area contributed by atoms with Crippen molar-refractivity contribution in [3.63, 3.8) is 0 Å². The van der Waals surface area contributed by atoms with E-state index in [-0.39, 0.29) is 19.8 Å². The summed E-state index contributed by atoms with van der Waals surface area (Å²) in [5.41, 5.74) is 16.5. The van der Waals surface area contributed by atoms with Gasteiger partial charge in [0.15, 0.2) is 0 Å². The number of hydrazine groups is 3. The highest BCUT2D eigenvalue weighted by Crippen LogP contribution is 2.23. The van der Waals surface area contributed by atoms with Crippen molar-refractivity contribution in [3.05, 3.63) is 108 Å². The van der Waals surface area contributed by atoms with Gasteiger partial charge in [0.05, 0.1) is 51.0 Å². The van der Waals surface area contributed by atoms with Crippen molar-refractivity contribution in [2.24, 2.45) is 5.73 Å². The van der Waals surface area contributed by atoms with Crippen LogP contribution in [0.3, 0.4) is 0 Å². The van der Waals surface area contributed by atoms with Crippen molar-refractivity contribution in [1.82, 2.24) is 46.4 Å². The van der Waals surface area contributed by atoms with E-state index in [9.17, 15) is 43.2 Å². The molecule has 0 heterocycles. The van der Waals surface area contributed by atoms with Crippen LogP contribution in [0.4, 0.5) is 14.4 Å². The number of primary amides is 1. The molecule has 0 fully saturated rings. The second-order valence-corrected chi connectivity index (χ2v) is 14.6. The van der Waals surface area contributed by atoms with E-state index in [1.54, 1.807) is 119 Å². The van der Waals surface area contributed by atoms with E-state index in [1.807, 2.05) is 0 Å². The molecule has 22 nitrogen and oxygen atoms in total. The van der Waals surface area contributed by atoms with Crippen molar-refractivity contribution in [1.29, 1.82) is 0 Å². The van der Waals surface area contributed by atoms with Crippen LogP contribution in [0.1, 0.15) is 76.4 Å². The van der Waals surface area contributed by atoms with Crippen molar-refractivity contribution >= 4 is 53.7 Å². The number of rotatable bonds is 22. The second-order valence-electron chi connectivity index (χ2n) is 14.6. The van der Waals surface area contributed by atoms with Gasteiger partial charge in [-0.1, -0.05) is 91.0 Å². The molecule has 362 valence electrons. The van der Waals surface area contributed by atoms with E-state index in [1.165, 1.54) is 13.8 Å². The summed E-state index contributed by atoms with van der Waals surface area (Å²) >= 11 is 0. The Bertz CT molecular complexity index is 2130. The molecule has 0 aliphatic rings. The van der Waals surface area contributed by atoms with Crippen LogP contribution >= 0.6 is 0 Å². The van der Waals surface area contributed by atoms with E-state index >= 15 is 0 Å². The summed E-state index contributed by atoms with van der Waals surface area (Å²) in [5.74, 6) is -5.21. The first-order valence-corrected chi connectivity index (χ1v) is 21.5. The minimum Gasteiger partial charge on any atom is -0.449 e. The summed E-state index contributed by atoms with van der Waals surface area (Å²) in [6, 6.07) is 23.5. The summed E-state index contributed by atoms with van der Waals surface area (Å²) in [5, 5.41) is 1.28. The number of hydrogen-bond donors (Lipinski definition) is 5. The molecule has 0 aromatic heterocycles. The van der Waals surface area contributed by atoms with E-state index < -0.39 is 111 Å². The molecule has 3 aromatic rings. The predicted molar refractivity (Wildman–Crippen MR) is 241 cm³/mol. The van der Waals surface area contributed by atoms with E-state index in [0.29, 0.717) is 26.7 Å². The third-order valence-electron chi connectivity index (χ3n) is 10.0. The molecule has 0 saturated heterocycles. The number of benzene rings is 3. The highest BCUT2D eigenvalue weighted by Gasteiger charge is 2.34. The predicted octanol–water partition coefficient (Wildman–Crippen LogP) is 2.47. The quantitative estimate of drug-likeness (QED) is 0.0717. The van der Waals surface area contributed by atoms with Gasteiger partial charge in [0, 0.05) is 0 Å². The lowest BCUT2D eigenvalue weighted by Crippen LogP contribution is -2.58. The number of hydrogen-bond acceptors (Lipinski definition) is 13. The lowest BCUT2D eigenvalue weighted by atomic mass is 10.1. The maximum absolute atomic E-state index is 14.6. The molecule has 67 heavy (non-hydrogen) atoms. The fraction of sp³-hybridized carbons (Fsp3) is 0.400. The van der Waals surface area contributed by atoms with Gasteiger partial charge in [0.1, 0.15) is 26.2 Å². The van der Waals surface area contributed by atoms with Gasteiger partial charge < -0.3 is 34.6 Å². The topological polar surface area (TPSA) is 272 Å². The number of ether oxygens (including phenoxy) is 3. The Morgan fingerprint density at radius 2 is 0.791 bits per heavy atom. The van der Waals surface area contributed by atoms with Crippen LogP contribution < -0.4 is 27.4 Å². The Morgan fingerprint density at radius 3 is 1.13 bits per heavy atom. The summed E-state index contributed by atoms with van der Waals surface area (Å²) in [4.78, 5) is 124. The van der Waals surface area contributed by atoms with E-state index in [0.717, 1.165) is 14.7 Å². The molecule has 6 N–H and O–H groups in total. The van der Waals surface area contributed by atoms with Crippen LogP contribution in [-0.2, 0) is 43.0 Å². The van der Waals surface area contributed by atoms with Gasteiger partial charge in [-0.2, -0.15) is 0 Å². The lowest BCUT2D eigenvalue weighted by Gasteiger charge is -2.35. The first-order chi connectivity index (χ1) is 32.0. The van der Waals surface area contributed by atoms with Crippen molar-refractivity contribution in [2.75, 3.05) is 59.1 Å². The summed E-state index contributed by atoms with van der Waals surface area (Å²) < 4.78 is 14.9. The standard InChI is InChI=1S/C45H60N10O12/c1-7-65-43(62)48-47-25-38(57)52(32(5)35-21-15-11-16-22-35)27-41(60)55(50-45(64)67-9-3)30-40(59)53(33(6)36-23-17-12-18-24-36)28-42(61)54(49-44(63)66-8-2)29-39(58)51(26-37(46)56)31(4)34-19-13-10-14-20-34/h10-24,31-33,47H,7-9,25-30H2,1-6H3,(H2,46,56)(H,48,62)(H,49,63)(H,50,64)/t31-,32-,33-/m1/s1. The minimum atomic E-state index is -1.12. The molecule has 0 radical (unpaired) electrons. The number of nitrogens with one attached hydrogen (secondary N) is 4. The van der Waals surface area contributed by atoms with Crippen LogP contribution in [0.15, 0.2) is 91.0 Å². The first-order valence-electron chi connectivity index (χ1n) is 21.5. The largest absolute Gasteiger partial charge is 0.449 e. The van der Waals surface area contributed by atoms with Gasteiger partial charge in [0.25, 0.3) is 11.8 Å². The summed E-state index contributed by atoms with van der Waals surface area (Å²) in [6.07, 6.45) is -3.08. The maximum atomic E-state index is 14.6. The Kier molecular flexibility index (Phi) is 22.0. The summed E-state index contributed by atoms with van der Waals surface area (Å²) in [7, 11) is 0. The van der Waals surface area contributed by atoms with Gasteiger partial charge in [0.2, 0.25) is 23.6 Å². The SMILES string of the molecule is CCOC(=O)NNCC(=O)N(CC(=O)N(CC(=O)N(CC(=O)N(CC(=O)N(CC(N)=O)[C@H](C)c1ccccc1)NC(=O)OCC)[C@H](C)c1ccccc1)NC(=O)OCC)[C@H](C)c1ccccc1. The van der Waals surface area contributed by atoms with Crippen LogP contribution in [0.25, 0.3) is 0 Å². The second kappa shape index (κ2) is 27.5. The van der Waals surface area contributed by atoms with Gasteiger partial charge in [-0.3, -0.25) is 34.2 Å². The van der Waals surface area contributed by atoms with Crippen molar-refractivity contribution in [3.8, 4) is 0 Å². The van der Waals surface area contributed by atoms with Gasteiger partial charge in [-0.25, -0.2) is 40.7 Å². The molecule has 0 aliphatic carbocycles. The molecule has 0 aliphatic heterocycles. The molecule has 3 aromatic carbocycles. The van der Waals surface area contributed by atoms with Crippen LogP contribution in [-0.4, -0.2) is 138 Å². The number of nitrogens with two attached hydrogens (primary N) is 1. The van der Waals surface area contributed by atoms with E-state index in [2.05, 4.69) is 21.7 Å². The van der Waals surface area contributed by atoms with Crippen LogP contribution in [0.2, 0.25) is 0 Å². The number of carbonyl (C=O) groups excluding carboxylic acids is 9. The Labute approximate surface area is 388 Å². The average molecular weight is 933 g/mol. The molecule has 0 spiro atoms. The molecule has 22 heteroatoms. The zero-order chi connectivity index (χ0) is 49.5. The van der Waals surface area contributed by atoms with Crippen LogP contribution in [0, 0.1) is 0 Å². The average Bonchev–Trinajstić information content (AvgIpc) is 3.31. The summed E-state index contributed by atoms with van der Waals surface area (Å²) in [6.45, 7) is 5.02. The monoisotopic (exact) mass is 932 g/mol. The number of carbonyl (C=O) groups is 9. The maximum Gasteiger partial charge on any atom is 0.426 e. The van der Waals surface area contributed by atoms with Crippen molar-refractivity contribution in [2.45, 2.75) is 59.7 Å². The molecular formula is C45H60N10O12. The molecular weight excluding hydrogens is 873 g/mol. The highest BCUT2D eigenvalue weighted by atomic mass is 16.6. The van der Waals surface area contributed by atoms with Gasteiger partial charge >= 0.3 is 18.3 Å². The Hall–Kier alpha value is -7.75. The Balaban J connectivity index is 2.03. The molecule has 3 atom stereocenters. The third kappa shape index (κ3) is 17.3. The molecule has 0 bridgehead atoms. The highest BCUT2D eigenvalue weighted by molar-refractivity contribution is 5.93. The van der Waals surface area contributed by atoms with Crippen molar-refractivity contribution < 1.29 is 57.4 Å². The smallest absolute Gasteiger partial charge is 0.426 e. The minimum absolute atomic E-state index is 0.0684. The molecule has 9 amide bonds. The normalized spacial score (nSPS) is 11.9.